The zero-order chi connectivity index (χ0) is 23.7. The van der Waals surface area contributed by atoms with Crippen molar-refractivity contribution in [2.75, 3.05) is 5.32 Å². The first kappa shape index (κ1) is 22.6. The molecule has 0 unspecified atom stereocenters. The van der Waals surface area contributed by atoms with Crippen LogP contribution in [-0.4, -0.2) is 22.2 Å². The Hall–Kier alpha value is -3.16. The highest BCUT2D eigenvalue weighted by atomic mass is 32.1. The van der Waals surface area contributed by atoms with E-state index in [-0.39, 0.29) is 4.88 Å². The second-order valence-electron chi connectivity index (χ2n) is 8.88. The fourth-order valence-electron chi connectivity index (χ4n) is 3.71. The molecule has 7 heteroatoms. The largest absolute Gasteiger partial charge is 0.490 e. The molecule has 0 radical (unpaired) electrons. The van der Waals surface area contributed by atoms with Crippen molar-refractivity contribution in [3.05, 3.63) is 70.4 Å². The summed E-state index contributed by atoms with van der Waals surface area (Å²) in [6.07, 6.45) is 3.54. The average molecular weight is 491 g/mol. The van der Waals surface area contributed by atoms with Gasteiger partial charge in [-0.1, -0.05) is 44.2 Å². The number of thiophene rings is 1. The Balaban J connectivity index is 1.45. The fourth-order valence-corrected chi connectivity index (χ4v) is 5.88. The van der Waals surface area contributed by atoms with Crippen molar-refractivity contribution in [1.82, 2.24) is 4.98 Å². The van der Waals surface area contributed by atoms with Crippen molar-refractivity contribution in [2.45, 2.75) is 39.2 Å². The number of nitrogens with zero attached hydrogens (tertiary/aromatic N) is 1. The molecule has 2 aromatic carbocycles. The van der Waals surface area contributed by atoms with E-state index in [4.69, 9.17) is 9.72 Å². The molecule has 2 N–H and O–H groups in total. The van der Waals surface area contributed by atoms with Crippen LogP contribution in [0.2, 0.25) is 0 Å². The lowest BCUT2D eigenvalue weighted by molar-refractivity contribution is 0.0703. The van der Waals surface area contributed by atoms with Crippen LogP contribution in [-0.2, 0) is 6.42 Å². The first-order valence-corrected chi connectivity index (χ1v) is 13.1. The Kier molecular flexibility index (Phi) is 6.39. The zero-order valence-electron chi connectivity index (χ0n) is 19.1. The van der Waals surface area contributed by atoms with Crippen molar-refractivity contribution in [3.8, 4) is 27.4 Å². The molecule has 1 aliphatic rings. The van der Waals surface area contributed by atoms with Crippen LogP contribution in [0.1, 0.15) is 41.2 Å². The van der Waals surface area contributed by atoms with Gasteiger partial charge < -0.3 is 15.2 Å². The molecule has 2 heterocycles. The molecule has 0 bridgehead atoms. The highest BCUT2D eigenvalue weighted by molar-refractivity contribution is 7.18. The van der Waals surface area contributed by atoms with Crippen molar-refractivity contribution in [2.24, 2.45) is 5.92 Å². The maximum atomic E-state index is 11.9. The molecule has 0 atom stereocenters. The number of nitrogens with one attached hydrogen (secondary N) is 1. The number of thiazole rings is 1. The van der Waals surface area contributed by atoms with Gasteiger partial charge in [-0.05, 0) is 61.1 Å². The van der Waals surface area contributed by atoms with Gasteiger partial charge in [0.25, 0.3) is 0 Å². The van der Waals surface area contributed by atoms with Crippen molar-refractivity contribution in [3.63, 3.8) is 0 Å². The van der Waals surface area contributed by atoms with Crippen LogP contribution >= 0.6 is 22.7 Å². The number of rotatable bonds is 9. The summed E-state index contributed by atoms with van der Waals surface area (Å²) < 4.78 is 5.88. The molecule has 5 rings (SSSR count). The third-order valence-corrected chi connectivity index (χ3v) is 7.64. The maximum absolute atomic E-state index is 11.9. The van der Waals surface area contributed by atoms with Gasteiger partial charge in [-0.15, -0.1) is 22.7 Å². The number of carboxylic acids is 1. The van der Waals surface area contributed by atoms with Gasteiger partial charge in [-0.2, -0.15) is 0 Å². The normalized spacial score (nSPS) is 13.3. The van der Waals surface area contributed by atoms with E-state index in [9.17, 15) is 9.90 Å². The van der Waals surface area contributed by atoms with Gasteiger partial charge in [-0.3, -0.25) is 0 Å². The molecule has 0 amide bonds. The molecule has 0 aliphatic heterocycles. The summed E-state index contributed by atoms with van der Waals surface area (Å²) in [5.41, 5.74) is 3.55. The van der Waals surface area contributed by atoms with Crippen LogP contribution in [0.25, 0.3) is 21.7 Å². The summed E-state index contributed by atoms with van der Waals surface area (Å²) in [7, 11) is 0. The fraction of sp³-hybridized carbons (Fsp3) is 0.259. The molecule has 5 nitrogen and oxygen atoms in total. The van der Waals surface area contributed by atoms with Gasteiger partial charge >= 0.3 is 5.97 Å². The van der Waals surface area contributed by atoms with Crippen LogP contribution in [0.15, 0.2) is 60.7 Å². The minimum absolute atomic E-state index is 0.280. The molecule has 4 aromatic rings. The monoisotopic (exact) mass is 490 g/mol. The van der Waals surface area contributed by atoms with E-state index in [0.717, 1.165) is 46.7 Å². The molecular weight excluding hydrogens is 464 g/mol. The van der Waals surface area contributed by atoms with Crippen molar-refractivity contribution < 1.29 is 14.6 Å². The van der Waals surface area contributed by atoms with Crippen LogP contribution in [0.3, 0.4) is 0 Å². The second-order valence-corrected chi connectivity index (χ2v) is 11.0. The SMILES string of the molecule is CC(C)Cc1sc(Nc2cc(-c3ccccc3)sc2C(=O)O)nc1-c1ccc(OC2CC2)cc1. The molecule has 2 aromatic heterocycles. The number of anilines is 2. The summed E-state index contributed by atoms with van der Waals surface area (Å²) in [5, 5.41) is 13.8. The molecule has 174 valence electrons. The standard InChI is InChI=1S/C27H26N2O3S2/c1-16(2)14-23-24(18-8-10-19(11-9-18)32-20-12-13-20)29-27(34-23)28-21-15-22(33-25(21)26(30)31)17-6-4-3-5-7-17/h3-11,15-16,20H,12-14H2,1-2H3,(H,28,29)(H,30,31). The molecule has 0 saturated heterocycles. The van der Waals surface area contributed by atoms with E-state index in [0.29, 0.717) is 22.8 Å². The highest BCUT2D eigenvalue weighted by Crippen LogP contribution is 2.39. The smallest absolute Gasteiger partial charge is 0.348 e. The van der Waals surface area contributed by atoms with E-state index in [2.05, 4.69) is 31.3 Å². The minimum atomic E-state index is -0.944. The average Bonchev–Trinajstić information content (AvgIpc) is 3.39. The van der Waals surface area contributed by atoms with Gasteiger partial charge in [0.2, 0.25) is 0 Å². The van der Waals surface area contributed by atoms with E-state index in [1.165, 1.54) is 16.2 Å². The van der Waals surface area contributed by atoms with Gasteiger partial charge in [-0.25, -0.2) is 9.78 Å². The Morgan fingerprint density at radius 1 is 1.09 bits per heavy atom. The molecule has 1 saturated carbocycles. The molecule has 1 fully saturated rings. The Bertz CT molecular complexity index is 1290. The number of hydrogen-bond donors (Lipinski definition) is 2. The lowest BCUT2D eigenvalue weighted by Crippen LogP contribution is -1.98. The second kappa shape index (κ2) is 9.60. The van der Waals surface area contributed by atoms with Crippen molar-refractivity contribution >= 4 is 39.5 Å². The number of carboxylic acid groups (broad SMARTS) is 1. The predicted octanol–water partition coefficient (Wildman–Crippen LogP) is 7.72. The number of aromatic nitrogens is 1. The zero-order valence-corrected chi connectivity index (χ0v) is 20.7. The number of ether oxygens (including phenoxy) is 1. The van der Waals surface area contributed by atoms with Gasteiger partial charge in [0, 0.05) is 15.3 Å². The third-order valence-electron chi connectivity index (χ3n) is 5.47. The third kappa shape index (κ3) is 5.16. The van der Waals surface area contributed by atoms with E-state index >= 15 is 0 Å². The van der Waals surface area contributed by atoms with Crippen LogP contribution in [0.5, 0.6) is 5.75 Å². The summed E-state index contributed by atoms with van der Waals surface area (Å²) >= 11 is 2.86. The van der Waals surface area contributed by atoms with Crippen molar-refractivity contribution in [1.29, 1.82) is 0 Å². The Morgan fingerprint density at radius 3 is 2.47 bits per heavy atom. The molecular formula is C27H26N2O3S2. The van der Waals surface area contributed by atoms with E-state index in [1.807, 2.05) is 48.5 Å². The van der Waals surface area contributed by atoms with Crippen LogP contribution in [0.4, 0.5) is 10.8 Å². The van der Waals surface area contributed by atoms with Crippen LogP contribution < -0.4 is 10.1 Å². The predicted molar refractivity (Wildman–Crippen MR) is 140 cm³/mol. The van der Waals surface area contributed by atoms with E-state index in [1.54, 1.807) is 11.3 Å². The quantitative estimate of drug-likeness (QED) is 0.251. The van der Waals surface area contributed by atoms with Gasteiger partial charge in [0.15, 0.2) is 5.13 Å². The lowest BCUT2D eigenvalue weighted by atomic mass is 10.0. The minimum Gasteiger partial charge on any atom is -0.490 e. The summed E-state index contributed by atoms with van der Waals surface area (Å²) in [6.45, 7) is 4.38. The van der Waals surface area contributed by atoms with Gasteiger partial charge in [0.1, 0.15) is 10.6 Å². The molecule has 34 heavy (non-hydrogen) atoms. The summed E-state index contributed by atoms with van der Waals surface area (Å²) in [6, 6.07) is 19.9. The van der Waals surface area contributed by atoms with Crippen LogP contribution in [0, 0.1) is 5.92 Å². The van der Waals surface area contributed by atoms with Gasteiger partial charge in [0.05, 0.1) is 17.5 Å². The Morgan fingerprint density at radius 2 is 1.82 bits per heavy atom. The topological polar surface area (TPSA) is 71.5 Å². The summed E-state index contributed by atoms with van der Waals surface area (Å²) in [4.78, 5) is 19.2. The summed E-state index contributed by atoms with van der Waals surface area (Å²) in [5.74, 6) is 0.424. The number of hydrogen-bond acceptors (Lipinski definition) is 6. The first-order valence-electron chi connectivity index (χ1n) is 11.4. The molecule has 0 spiro atoms. The Labute approximate surface area is 207 Å². The molecule has 1 aliphatic carbocycles. The van der Waals surface area contributed by atoms with E-state index < -0.39 is 5.97 Å². The number of carbonyl (C=O) groups is 1. The number of aromatic carboxylic acids is 1. The first-order chi connectivity index (χ1) is 16.5. The highest BCUT2D eigenvalue weighted by Gasteiger charge is 2.24. The maximum Gasteiger partial charge on any atom is 0.348 e. The lowest BCUT2D eigenvalue weighted by Gasteiger charge is -2.07. The number of benzene rings is 2.